The average Bonchev–Trinajstić information content (AvgIpc) is 3.37. The minimum absolute atomic E-state index is 0.00233. The van der Waals surface area contributed by atoms with E-state index in [9.17, 15) is 14.7 Å². The number of phenols is 1. The third-order valence-electron chi connectivity index (χ3n) is 7.01. The summed E-state index contributed by atoms with van der Waals surface area (Å²) in [6, 6.07) is 20.7. The van der Waals surface area contributed by atoms with Gasteiger partial charge in [-0.15, -0.1) is 0 Å². The smallest absolute Gasteiger partial charge is 0.342 e. The molecule has 1 aromatic heterocycles. The molecule has 1 aliphatic rings. The van der Waals surface area contributed by atoms with Crippen molar-refractivity contribution in [2.75, 3.05) is 19.0 Å². The van der Waals surface area contributed by atoms with Crippen molar-refractivity contribution in [2.24, 2.45) is 0 Å². The normalized spacial score (nSPS) is 12.8. The molecule has 3 aromatic carbocycles. The number of methoxy groups -OCH3 is 1. The summed E-state index contributed by atoms with van der Waals surface area (Å²) in [5.74, 6) is 1.37. The third kappa shape index (κ3) is 5.93. The number of nitrogens with zero attached hydrogens (tertiary/aromatic N) is 2. The number of carbonyl (C=O) groups excluding carboxylic acids is 2. The molecule has 1 aliphatic carbocycles. The van der Waals surface area contributed by atoms with Crippen molar-refractivity contribution in [1.29, 1.82) is 0 Å². The number of benzene rings is 3. The van der Waals surface area contributed by atoms with E-state index in [1.54, 1.807) is 43.5 Å². The molecule has 206 valence electrons. The zero-order chi connectivity index (χ0) is 28.1. The number of hydrogen-bond acceptors (Lipinski definition) is 6. The van der Waals surface area contributed by atoms with Crippen LogP contribution in [-0.4, -0.2) is 40.5 Å². The Morgan fingerprint density at radius 2 is 1.73 bits per heavy atom. The maximum absolute atomic E-state index is 13.2. The number of rotatable bonds is 9. The molecule has 0 spiro atoms. The van der Waals surface area contributed by atoms with Gasteiger partial charge in [-0.3, -0.25) is 4.79 Å². The fourth-order valence-corrected chi connectivity index (χ4v) is 4.57. The van der Waals surface area contributed by atoms with Gasteiger partial charge in [-0.25, -0.2) is 4.79 Å². The molecule has 1 heterocycles. The molecule has 2 amide bonds. The predicted molar refractivity (Wildman–Crippen MR) is 152 cm³/mol. The highest BCUT2D eigenvalue weighted by atomic mass is 16.5. The Morgan fingerprint density at radius 1 is 1.00 bits per heavy atom. The SMILES string of the molecule is CCOc1ccc(C(=O)Nc2ccc(O)c(-c3cc(C4CCC4)n(C(=O)NCc4ccc(OC)cc4)n3)c2)cc1. The van der Waals surface area contributed by atoms with Crippen LogP contribution in [0, 0.1) is 0 Å². The van der Waals surface area contributed by atoms with Crippen LogP contribution in [0.3, 0.4) is 0 Å². The van der Waals surface area contributed by atoms with Crippen LogP contribution in [0.15, 0.2) is 72.8 Å². The number of phenolic OH excluding ortho intramolecular Hbond substituents is 1. The molecule has 5 rings (SSSR count). The molecule has 0 radical (unpaired) electrons. The van der Waals surface area contributed by atoms with Gasteiger partial charge in [0.1, 0.15) is 17.2 Å². The Kier molecular flexibility index (Phi) is 8.00. The van der Waals surface area contributed by atoms with Crippen LogP contribution in [0.5, 0.6) is 17.2 Å². The van der Waals surface area contributed by atoms with Crippen molar-refractivity contribution in [3.63, 3.8) is 0 Å². The van der Waals surface area contributed by atoms with Crippen LogP contribution < -0.4 is 20.1 Å². The van der Waals surface area contributed by atoms with Crippen LogP contribution in [0.25, 0.3) is 11.3 Å². The first-order valence-electron chi connectivity index (χ1n) is 13.3. The molecule has 0 bridgehead atoms. The lowest BCUT2D eigenvalue weighted by atomic mass is 9.82. The molecular formula is C31H32N4O5. The van der Waals surface area contributed by atoms with Gasteiger partial charge in [0.05, 0.1) is 25.1 Å². The first-order chi connectivity index (χ1) is 19.4. The highest BCUT2D eigenvalue weighted by Gasteiger charge is 2.27. The van der Waals surface area contributed by atoms with Crippen LogP contribution in [0.1, 0.15) is 53.7 Å². The quantitative estimate of drug-likeness (QED) is 0.226. The van der Waals surface area contributed by atoms with E-state index in [0.717, 1.165) is 36.3 Å². The maximum atomic E-state index is 13.2. The van der Waals surface area contributed by atoms with Gasteiger partial charge in [0.15, 0.2) is 0 Å². The van der Waals surface area contributed by atoms with Gasteiger partial charge in [0.25, 0.3) is 5.91 Å². The van der Waals surface area contributed by atoms with Gasteiger partial charge in [0, 0.05) is 29.3 Å². The summed E-state index contributed by atoms with van der Waals surface area (Å²) >= 11 is 0. The van der Waals surface area contributed by atoms with Gasteiger partial charge in [-0.2, -0.15) is 9.78 Å². The summed E-state index contributed by atoms with van der Waals surface area (Å²) in [7, 11) is 1.61. The molecule has 0 unspecified atom stereocenters. The Bertz CT molecular complexity index is 1490. The third-order valence-corrected chi connectivity index (χ3v) is 7.01. The maximum Gasteiger partial charge on any atom is 0.342 e. The van der Waals surface area contributed by atoms with Crippen molar-refractivity contribution < 1.29 is 24.2 Å². The van der Waals surface area contributed by atoms with E-state index in [1.807, 2.05) is 37.3 Å². The molecule has 40 heavy (non-hydrogen) atoms. The molecule has 0 saturated heterocycles. The summed E-state index contributed by atoms with van der Waals surface area (Å²) in [5.41, 5.74) is 3.58. The fourth-order valence-electron chi connectivity index (χ4n) is 4.57. The number of carbonyl (C=O) groups is 2. The molecule has 4 aromatic rings. The zero-order valence-corrected chi connectivity index (χ0v) is 22.5. The molecule has 9 nitrogen and oxygen atoms in total. The van der Waals surface area contributed by atoms with Crippen molar-refractivity contribution in [2.45, 2.75) is 38.6 Å². The van der Waals surface area contributed by atoms with E-state index in [0.29, 0.717) is 41.4 Å². The number of aromatic hydroxyl groups is 1. The lowest BCUT2D eigenvalue weighted by Gasteiger charge is -2.25. The number of aromatic nitrogens is 2. The van der Waals surface area contributed by atoms with Gasteiger partial charge < -0.3 is 25.2 Å². The van der Waals surface area contributed by atoms with Crippen molar-refractivity contribution >= 4 is 17.6 Å². The minimum Gasteiger partial charge on any atom is -0.507 e. The van der Waals surface area contributed by atoms with Gasteiger partial charge in [0.2, 0.25) is 0 Å². The molecule has 0 atom stereocenters. The Balaban J connectivity index is 1.35. The van der Waals surface area contributed by atoms with E-state index in [1.165, 1.54) is 10.7 Å². The van der Waals surface area contributed by atoms with Crippen LogP contribution >= 0.6 is 0 Å². The summed E-state index contributed by atoms with van der Waals surface area (Å²) in [6.45, 7) is 2.78. The number of amides is 2. The fraction of sp³-hybridized carbons (Fsp3) is 0.258. The summed E-state index contributed by atoms with van der Waals surface area (Å²) in [4.78, 5) is 26.0. The van der Waals surface area contributed by atoms with Crippen LogP contribution in [0.2, 0.25) is 0 Å². The number of nitrogens with one attached hydrogen (secondary N) is 2. The van der Waals surface area contributed by atoms with Gasteiger partial charge >= 0.3 is 6.03 Å². The Labute approximate surface area is 232 Å². The van der Waals surface area contributed by atoms with E-state index < -0.39 is 0 Å². The monoisotopic (exact) mass is 540 g/mol. The number of hydrogen-bond donors (Lipinski definition) is 3. The second-order valence-corrected chi connectivity index (χ2v) is 9.64. The van der Waals surface area contributed by atoms with Crippen molar-refractivity contribution in [3.8, 4) is 28.5 Å². The van der Waals surface area contributed by atoms with Gasteiger partial charge in [-0.05, 0) is 86.0 Å². The first kappa shape index (κ1) is 26.8. The molecule has 0 aliphatic heterocycles. The van der Waals surface area contributed by atoms with Crippen molar-refractivity contribution in [3.05, 3.63) is 89.6 Å². The van der Waals surface area contributed by atoms with Crippen LogP contribution in [-0.2, 0) is 6.54 Å². The van der Waals surface area contributed by atoms with E-state index in [4.69, 9.17) is 9.47 Å². The summed E-state index contributed by atoms with van der Waals surface area (Å²) < 4.78 is 12.0. The second kappa shape index (κ2) is 11.9. The second-order valence-electron chi connectivity index (χ2n) is 9.64. The van der Waals surface area contributed by atoms with E-state index in [-0.39, 0.29) is 23.6 Å². The molecule has 3 N–H and O–H groups in total. The summed E-state index contributed by atoms with van der Waals surface area (Å²) in [5, 5.41) is 21.1. The highest BCUT2D eigenvalue weighted by molar-refractivity contribution is 6.04. The topological polar surface area (TPSA) is 115 Å². The molecule has 1 fully saturated rings. The van der Waals surface area contributed by atoms with Crippen molar-refractivity contribution in [1.82, 2.24) is 15.1 Å². The lowest BCUT2D eigenvalue weighted by Crippen LogP contribution is -2.31. The molecular weight excluding hydrogens is 508 g/mol. The number of ether oxygens (including phenoxy) is 2. The zero-order valence-electron chi connectivity index (χ0n) is 22.5. The average molecular weight is 541 g/mol. The summed E-state index contributed by atoms with van der Waals surface area (Å²) in [6.07, 6.45) is 3.04. The van der Waals surface area contributed by atoms with E-state index >= 15 is 0 Å². The Hall–Kier alpha value is -4.79. The van der Waals surface area contributed by atoms with Crippen LogP contribution in [0.4, 0.5) is 10.5 Å². The molecule has 9 heteroatoms. The lowest BCUT2D eigenvalue weighted by molar-refractivity contribution is 0.102. The predicted octanol–water partition coefficient (Wildman–Crippen LogP) is 5.94. The number of anilines is 1. The highest BCUT2D eigenvalue weighted by Crippen LogP contribution is 2.39. The Morgan fingerprint density at radius 3 is 2.38 bits per heavy atom. The van der Waals surface area contributed by atoms with Gasteiger partial charge in [-0.1, -0.05) is 18.6 Å². The standard InChI is InChI=1S/C31H32N4O5/c1-3-40-25-14-9-22(10-15-25)30(37)33-23-11-16-29(36)26(17-23)27-18-28(21-5-4-6-21)35(34-27)31(38)32-19-20-7-12-24(39-2)13-8-20/h7-18,21,36H,3-6,19H2,1-2H3,(H,32,38)(H,33,37). The minimum atomic E-state index is -0.344. The molecule has 1 saturated carbocycles. The van der Waals surface area contributed by atoms with E-state index in [2.05, 4.69) is 15.7 Å². The first-order valence-corrected chi connectivity index (χ1v) is 13.3. The largest absolute Gasteiger partial charge is 0.507 e.